The number of hydrogen-bond acceptors (Lipinski definition) is 8. The summed E-state index contributed by atoms with van der Waals surface area (Å²) in [6.07, 6.45) is 4.38. The van der Waals surface area contributed by atoms with E-state index in [1.165, 1.54) is 6.07 Å². The molecule has 1 aromatic rings. The van der Waals surface area contributed by atoms with Gasteiger partial charge in [0.15, 0.2) is 0 Å². The van der Waals surface area contributed by atoms with Gasteiger partial charge in [-0.3, -0.25) is 23.6 Å². The van der Waals surface area contributed by atoms with E-state index in [0.717, 1.165) is 5.70 Å². The Balaban J connectivity index is 0.000000572. The first-order valence-corrected chi connectivity index (χ1v) is 13.8. The first-order valence-electron chi connectivity index (χ1n) is 12.9. The van der Waals surface area contributed by atoms with Gasteiger partial charge in [0.05, 0.1) is 15.6 Å². The average molecular weight is 615 g/mol. The summed E-state index contributed by atoms with van der Waals surface area (Å²) in [6, 6.07) is 2.52. The largest absolute Gasteiger partial charge is 0.481 e. The standard InChI is InChI=1S/C19H26FN4O4P.C6H10N2O5/c20-7-4-5-15-12-24(29-23-15)16-10-13(18(21)27)9-14(11-16)19(28)22-8-3-1-2-6-17(25)26;7-6(13)8-3(5(11)12)1-2-4(9)10/h9-12,23,29H,1-8H2,(H2,21,27)(H,22,28)(H,25,26);3H,1-2H2,(H,9,10)(H,11,12)(H3,7,8,13). The molecule has 0 bridgehead atoms. The van der Waals surface area contributed by atoms with Crippen molar-refractivity contribution in [3.05, 3.63) is 41.2 Å². The van der Waals surface area contributed by atoms with Crippen LogP contribution in [0, 0.1) is 0 Å². The maximum absolute atomic E-state index is 12.5. The third-order valence-corrected chi connectivity index (χ3v) is 6.62. The minimum absolute atomic E-state index is 0.115. The van der Waals surface area contributed by atoms with Crippen LogP contribution in [0.15, 0.2) is 30.1 Å². The van der Waals surface area contributed by atoms with Crippen molar-refractivity contribution in [2.24, 2.45) is 11.5 Å². The van der Waals surface area contributed by atoms with Gasteiger partial charge in [-0.15, -0.1) is 0 Å². The highest BCUT2D eigenvalue weighted by Crippen LogP contribution is 2.34. The molecule has 0 radical (unpaired) electrons. The maximum Gasteiger partial charge on any atom is 0.326 e. The van der Waals surface area contributed by atoms with Gasteiger partial charge < -0.3 is 47.2 Å². The van der Waals surface area contributed by atoms with E-state index in [9.17, 15) is 33.2 Å². The van der Waals surface area contributed by atoms with Crippen molar-refractivity contribution >= 4 is 50.3 Å². The number of allylic oxidation sites excluding steroid dienone is 1. The number of urea groups is 1. The number of nitrogens with zero attached hydrogens (tertiary/aromatic N) is 1. The van der Waals surface area contributed by atoms with E-state index in [1.807, 2.05) is 16.2 Å². The first kappa shape index (κ1) is 35.6. The van der Waals surface area contributed by atoms with Gasteiger partial charge in [-0.05, 0) is 50.3 Å². The molecule has 2 rings (SSSR count). The molecule has 10 N–H and O–H groups in total. The summed E-state index contributed by atoms with van der Waals surface area (Å²) < 4.78 is 14.2. The number of carboxylic acid groups (broad SMARTS) is 3. The van der Waals surface area contributed by atoms with Crippen molar-refractivity contribution in [1.82, 2.24) is 15.7 Å². The summed E-state index contributed by atoms with van der Waals surface area (Å²) in [4.78, 5) is 65.4. The van der Waals surface area contributed by atoms with Gasteiger partial charge in [-0.25, -0.2) is 9.59 Å². The summed E-state index contributed by atoms with van der Waals surface area (Å²) in [5.74, 6) is -4.22. The SMILES string of the molecule is NC(=O)NC(CCC(=O)O)C(=O)O.NC(=O)c1cc(C(=O)NCCCCCC(=O)O)cc(N2C=C(CCCF)NP2)c1. The van der Waals surface area contributed by atoms with E-state index in [2.05, 4.69) is 16.1 Å². The molecule has 42 heavy (non-hydrogen) atoms. The summed E-state index contributed by atoms with van der Waals surface area (Å²) in [7, 11) is 0.184. The normalized spacial score (nSPS) is 13.2. The fourth-order valence-electron chi connectivity index (χ4n) is 3.48. The third kappa shape index (κ3) is 14.3. The minimum atomic E-state index is -1.31. The van der Waals surface area contributed by atoms with Gasteiger partial charge in [-0.1, -0.05) is 6.42 Å². The number of rotatable bonds is 17. The molecule has 15 nitrogen and oxygen atoms in total. The average Bonchev–Trinajstić information content (AvgIpc) is 3.40. The molecule has 1 heterocycles. The molecule has 0 saturated carbocycles. The van der Waals surface area contributed by atoms with Crippen LogP contribution in [0.5, 0.6) is 0 Å². The number of carbonyl (C=O) groups excluding carboxylic acids is 3. The Labute approximate surface area is 242 Å². The highest BCUT2D eigenvalue weighted by Gasteiger charge is 2.20. The van der Waals surface area contributed by atoms with Crippen molar-refractivity contribution in [2.45, 2.75) is 57.4 Å². The van der Waals surface area contributed by atoms with Crippen LogP contribution in [-0.2, 0) is 14.4 Å². The second-order valence-corrected chi connectivity index (χ2v) is 9.93. The second kappa shape index (κ2) is 18.8. The number of amides is 4. The number of aliphatic carboxylic acids is 3. The summed E-state index contributed by atoms with van der Waals surface area (Å²) in [5, 5.41) is 33.2. The molecule has 0 fully saturated rings. The van der Waals surface area contributed by atoms with Crippen molar-refractivity contribution in [1.29, 1.82) is 0 Å². The van der Waals surface area contributed by atoms with Crippen molar-refractivity contribution in [2.75, 3.05) is 17.9 Å². The molecule has 0 saturated heterocycles. The smallest absolute Gasteiger partial charge is 0.326 e. The Morgan fingerprint density at radius 2 is 1.60 bits per heavy atom. The van der Waals surface area contributed by atoms with Crippen LogP contribution in [0.2, 0.25) is 0 Å². The molecule has 1 aliphatic heterocycles. The van der Waals surface area contributed by atoms with E-state index < -0.39 is 35.9 Å². The van der Waals surface area contributed by atoms with E-state index >= 15 is 0 Å². The Morgan fingerprint density at radius 3 is 2.17 bits per heavy atom. The fourth-order valence-corrected chi connectivity index (χ4v) is 4.41. The summed E-state index contributed by atoms with van der Waals surface area (Å²) in [5.41, 5.74) is 12.2. The number of nitrogens with one attached hydrogen (secondary N) is 3. The number of unbranched alkanes of at least 4 members (excludes halogenated alkanes) is 2. The van der Waals surface area contributed by atoms with Crippen LogP contribution in [0.25, 0.3) is 0 Å². The molecule has 4 amide bonds. The van der Waals surface area contributed by atoms with Gasteiger partial charge in [-0.2, -0.15) is 0 Å². The van der Waals surface area contributed by atoms with Gasteiger partial charge in [0.2, 0.25) is 5.91 Å². The summed E-state index contributed by atoms with van der Waals surface area (Å²) >= 11 is 0. The minimum Gasteiger partial charge on any atom is -0.481 e. The third-order valence-electron chi connectivity index (χ3n) is 5.56. The number of benzene rings is 1. The second-order valence-electron chi connectivity index (χ2n) is 8.98. The Bertz CT molecular complexity index is 1170. The lowest BCUT2D eigenvalue weighted by molar-refractivity contribution is -0.141. The van der Waals surface area contributed by atoms with Gasteiger partial charge in [0, 0.05) is 48.1 Å². The number of carbonyl (C=O) groups is 6. The Morgan fingerprint density at radius 1 is 0.929 bits per heavy atom. The van der Waals surface area contributed by atoms with Crippen LogP contribution in [-0.4, -0.2) is 70.3 Å². The van der Waals surface area contributed by atoms with Crippen LogP contribution < -0.4 is 31.9 Å². The van der Waals surface area contributed by atoms with E-state index in [0.29, 0.717) is 49.9 Å². The van der Waals surface area contributed by atoms with Crippen molar-refractivity contribution in [3.8, 4) is 0 Å². The number of carboxylic acids is 3. The van der Waals surface area contributed by atoms with Gasteiger partial charge in [0.1, 0.15) is 6.04 Å². The lowest BCUT2D eigenvalue weighted by atomic mass is 10.1. The number of nitrogens with two attached hydrogens (primary N) is 2. The Kier molecular flexibility index (Phi) is 15.9. The van der Waals surface area contributed by atoms with Crippen molar-refractivity contribution in [3.63, 3.8) is 0 Å². The maximum atomic E-state index is 12.5. The van der Waals surface area contributed by atoms with Crippen LogP contribution in [0.3, 0.4) is 0 Å². The monoisotopic (exact) mass is 614 g/mol. The first-order chi connectivity index (χ1) is 19.8. The quantitative estimate of drug-likeness (QED) is 0.0924. The fraction of sp³-hybridized carbons (Fsp3) is 0.440. The molecular formula is C25H36FN6O9P. The highest BCUT2D eigenvalue weighted by molar-refractivity contribution is 7.38. The number of anilines is 1. The number of halogens is 1. The molecule has 0 aromatic heterocycles. The molecule has 1 aromatic carbocycles. The molecule has 17 heteroatoms. The molecular weight excluding hydrogens is 578 g/mol. The zero-order chi connectivity index (χ0) is 31.7. The molecule has 2 unspecified atom stereocenters. The molecule has 0 spiro atoms. The number of alkyl halides is 1. The molecule has 1 aliphatic rings. The van der Waals surface area contributed by atoms with E-state index in [-0.39, 0.29) is 46.3 Å². The number of primary amides is 2. The lowest BCUT2D eigenvalue weighted by Crippen LogP contribution is -2.43. The van der Waals surface area contributed by atoms with E-state index in [1.54, 1.807) is 12.1 Å². The topological polar surface area (TPSA) is 254 Å². The predicted octanol–water partition coefficient (Wildman–Crippen LogP) is 1.64. The molecule has 232 valence electrons. The molecule has 0 aliphatic carbocycles. The predicted molar refractivity (Wildman–Crippen MR) is 152 cm³/mol. The lowest BCUT2D eigenvalue weighted by Gasteiger charge is -2.16. The van der Waals surface area contributed by atoms with E-state index in [4.69, 9.17) is 21.1 Å². The zero-order valence-electron chi connectivity index (χ0n) is 22.7. The van der Waals surface area contributed by atoms with Crippen LogP contribution in [0.1, 0.15) is 72.1 Å². The molecule has 2 atom stereocenters. The zero-order valence-corrected chi connectivity index (χ0v) is 23.7. The van der Waals surface area contributed by atoms with Crippen LogP contribution >= 0.6 is 8.88 Å². The van der Waals surface area contributed by atoms with Crippen LogP contribution in [0.4, 0.5) is 14.9 Å². The Hall–Kier alpha value is -4.46. The number of hydrogen-bond donors (Lipinski definition) is 8. The van der Waals surface area contributed by atoms with Gasteiger partial charge in [0.25, 0.3) is 5.91 Å². The van der Waals surface area contributed by atoms with Gasteiger partial charge >= 0.3 is 23.9 Å². The summed E-state index contributed by atoms with van der Waals surface area (Å²) in [6.45, 7) is 0.0226. The highest BCUT2D eigenvalue weighted by atomic mass is 31.1. The van der Waals surface area contributed by atoms with Crippen molar-refractivity contribution < 1.29 is 48.5 Å².